The van der Waals surface area contributed by atoms with Crippen LogP contribution in [0.2, 0.25) is 0 Å². The number of aromatic hydroxyl groups is 1. The summed E-state index contributed by atoms with van der Waals surface area (Å²) in [5.41, 5.74) is 1.67. The second-order valence-electron chi connectivity index (χ2n) is 6.97. The van der Waals surface area contributed by atoms with Crippen LogP contribution < -0.4 is 24.4 Å². The van der Waals surface area contributed by atoms with Gasteiger partial charge in [0.15, 0.2) is 11.5 Å². The van der Waals surface area contributed by atoms with Gasteiger partial charge >= 0.3 is 11.7 Å². The van der Waals surface area contributed by atoms with Crippen molar-refractivity contribution in [2.75, 3.05) is 21.3 Å². The zero-order valence-electron chi connectivity index (χ0n) is 19.4. The number of methoxy groups -OCH3 is 3. The summed E-state index contributed by atoms with van der Waals surface area (Å²) in [5.74, 6) is -1.71. The average molecular weight is 495 g/mol. The van der Waals surface area contributed by atoms with Crippen molar-refractivity contribution >= 4 is 23.8 Å². The van der Waals surface area contributed by atoms with E-state index in [0.717, 1.165) is 12.3 Å². The molecule has 0 aliphatic heterocycles. The number of nitro groups is 1. The maximum Gasteiger partial charge on any atom is 0.344 e. The average Bonchev–Trinajstić information content (AvgIpc) is 2.88. The summed E-state index contributed by atoms with van der Waals surface area (Å²) in [4.78, 5) is 36.1. The molecule has 0 bridgehead atoms. The molecule has 3 aromatic rings. The minimum atomic E-state index is -0.948. The number of nitro benzene ring substituents is 1. The Labute approximate surface area is 204 Å². The van der Waals surface area contributed by atoms with Crippen LogP contribution >= 0.6 is 0 Å². The van der Waals surface area contributed by atoms with E-state index in [1.165, 1.54) is 57.7 Å². The van der Waals surface area contributed by atoms with E-state index < -0.39 is 28.2 Å². The number of benzene rings is 3. The molecule has 186 valence electrons. The van der Waals surface area contributed by atoms with Crippen molar-refractivity contribution in [3.63, 3.8) is 0 Å². The number of esters is 1. The highest BCUT2D eigenvalue weighted by atomic mass is 16.6. The number of phenolic OH excluding ortho intramolecular Hbond substituents is 1. The summed E-state index contributed by atoms with van der Waals surface area (Å²) in [5, 5.41) is 25.2. The third kappa shape index (κ3) is 5.50. The van der Waals surface area contributed by atoms with E-state index in [4.69, 9.17) is 18.9 Å². The topological polar surface area (TPSA) is 159 Å². The molecule has 0 aliphatic rings. The lowest BCUT2D eigenvalue weighted by Gasteiger charge is -2.14. The van der Waals surface area contributed by atoms with Crippen LogP contribution in [0.5, 0.6) is 28.7 Å². The Morgan fingerprint density at radius 3 is 2.22 bits per heavy atom. The van der Waals surface area contributed by atoms with Crippen LogP contribution in [0.15, 0.2) is 59.7 Å². The normalized spacial score (nSPS) is 10.5. The van der Waals surface area contributed by atoms with Crippen molar-refractivity contribution in [1.82, 2.24) is 5.43 Å². The fourth-order valence-corrected chi connectivity index (χ4v) is 3.14. The minimum Gasteiger partial charge on any atom is -0.507 e. The first-order chi connectivity index (χ1) is 17.3. The summed E-state index contributed by atoms with van der Waals surface area (Å²) in [7, 11) is 4.13. The number of carbonyl (C=O) groups excluding carboxylic acids is 2. The minimum absolute atomic E-state index is 0.0252. The molecule has 1 amide bonds. The molecule has 0 radical (unpaired) electrons. The van der Waals surface area contributed by atoms with Crippen molar-refractivity contribution in [3.05, 3.63) is 81.4 Å². The van der Waals surface area contributed by atoms with Crippen LogP contribution in [0, 0.1) is 10.1 Å². The van der Waals surface area contributed by atoms with E-state index in [0.29, 0.717) is 0 Å². The molecule has 0 saturated heterocycles. The van der Waals surface area contributed by atoms with E-state index in [-0.39, 0.29) is 39.7 Å². The second-order valence-corrected chi connectivity index (χ2v) is 6.97. The standard InChI is InChI=1S/C24H21N3O9/c1-33-19-11-15(12-20(34-2)22(19)35-3)24(30)36-21-14(7-6-9-17(21)27(31)32)13-25-26-23(29)16-8-4-5-10-18(16)28/h4-13,28H,1-3H3,(H,26,29)/b25-13+. The van der Waals surface area contributed by atoms with Crippen LogP contribution in [-0.4, -0.2) is 49.5 Å². The molecule has 12 heteroatoms. The van der Waals surface area contributed by atoms with Crippen LogP contribution in [0.4, 0.5) is 5.69 Å². The van der Waals surface area contributed by atoms with E-state index in [1.54, 1.807) is 12.1 Å². The summed E-state index contributed by atoms with van der Waals surface area (Å²) in [6.45, 7) is 0. The largest absolute Gasteiger partial charge is 0.507 e. The maximum atomic E-state index is 12.9. The van der Waals surface area contributed by atoms with E-state index >= 15 is 0 Å². The SMILES string of the molecule is COc1cc(C(=O)Oc2c(/C=N/NC(=O)c3ccccc3O)cccc2[N+](=O)[O-])cc(OC)c1OC. The van der Waals surface area contributed by atoms with Gasteiger partial charge < -0.3 is 24.1 Å². The number of rotatable bonds is 9. The van der Waals surface area contributed by atoms with Gasteiger partial charge in [-0.15, -0.1) is 0 Å². The lowest BCUT2D eigenvalue weighted by Crippen LogP contribution is -2.18. The first-order valence-corrected chi connectivity index (χ1v) is 10.2. The van der Waals surface area contributed by atoms with Gasteiger partial charge in [0, 0.05) is 11.6 Å². The van der Waals surface area contributed by atoms with Gasteiger partial charge in [-0.3, -0.25) is 14.9 Å². The van der Waals surface area contributed by atoms with Gasteiger partial charge in [0.1, 0.15) is 5.75 Å². The lowest BCUT2D eigenvalue weighted by atomic mass is 10.1. The monoisotopic (exact) mass is 495 g/mol. The molecule has 0 heterocycles. The first kappa shape index (κ1) is 25.5. The van der Waals surface area contributed by atoms with Crippen molar-refractivity contribution < 1.29 is 38.6 Å². The van der Waals surface area contributed by atoms with Gasteiger partial charge in [-0.1, -0.05) is 18.2 Å². The van der Waals surface area contributed by atoms with E-state index in [9.17, 15) is 24.8 Å². The van der Waals surface area contributed by atoms with Gasteiger partial charge in [-0.05, 0) is 30.3 Å². The third-order valence-corrected chi connectivity index (χ3v) is 4.83. The Balaban J connectivity index is 1.93. The second kappa shape index (κ2) is 11.3. The van der Waals surface area contributed by atoms with E-state index in [2.05, 4.69) is 10.5 Å². The van der Waals surface area contributed by atoms with Gasteiger partial charge in [0.05, 0.1) is 43.6 Å². The highest BCUT2D eigenvalue weighted by Gasteiger charge is 2.24. The third-order valence-electron chi connectivity index (χ3n) is 4.83. The van der Waals surface area contributed by atoms with Crippen LogP contribution in [-0.2, 0) is 0 Å². The zero-order chi connectivity index (χ0) is 26.2. The number of amides is 1. The Morgan fingerprint density at radius 2 is 1.64 bits per heavy atom. The highest BCUT2D eigenvalue weighted by molar-refractivity contribution is 5.98. The number of hydrogen-bond acceptors (Lipinski definition) is 10. The van der Waals surface area contributed by atoms with Crippen molar-refractivity contribution in [3.8, 4) is 28.7 Å². The number of nitrogens with zero attached hydrogens (tertiary/aromatic N) is 2. The molecule has 0 spiro atoms. The molecule has 3 rings (SSSR count). The van der Waals surface area contributed by atoms with Gasteiger partial charge in [-0.2, -0.15) is 5.10 Å². The quantitative estimate of drug-likeness (QED) is 0.149. The first-order valence-electron chi connectivity index (χ1n) is 10.2. The number of nitrogens with one attached hydrogen (secondary N) is 1. The van der Waals surface area contributed by atoms with Gasteiger partial charge in [0.2, 0.25) is 11.5 Å². The fraction of sp³-hybridized carbons (Fsp3) is 0.125. The number of hydrogen-bond donors (Lipinski definition) is 2. The molecule has 2 N–H and O–H groups in total. The summed E-state index contributed by atoms with van der Waals surface area (Å²) < 4.78 is 21.1. The lowest BCUT2D eigenvalue weighted by molar-refractivity contribution is -0.385. The van der Waals surface area contributed by atoms with Crippen molar-refractivity contribution in [2.45, 2.75) is 0 Å². The van der Waals surface area contributed by atoms with Crippen LogP contribution in [0.25, 0.3) is 0 Å². The van der Waals surface area contributed by atoms with Crippen LogP contribution in [0.1, 0.15) is 26.3 Å². The molecule has 0 saturated carbocycles. The molecular weight excluding hydrogens is 474 g/mol. The molecule has 0 aliphatic carbocycles. The maximum absolute atomic E-state index is 12.9. The Hall–Kier alpha value is -5.13. The molecule has 3 aromatic carbocycles. The fourth-order valence-electron chi connectivity index (χ4n) is 3.14. The Bertz CT molecular complexity index is 1310. The number of phenols is 1. The highest BCUT2D eigenvalue weighted by Crippen LogP contribution is 2.39. The van der Waals surface area contributed by atoms with E-state index in [1.807, 2.05) is 0 Å². The van der Waals surface area contributed by atoms with Gasteiger partial charge in [0.25, 0.3) is 5.91 Å². The number of carbonyl (C=O) groups is 2. The molecule has 36 heavy (non-hydrogen) atoms. The molecule has 0 fully saturated rings. The summed E-state index contributed by atoms with van der Waals surface area (Å²) in [6.07, 6.45) is 1.07. The number of ether oxygens (including phenoxy) is 4. The number of para-hydroxylation sites is 2. The zero-order valence-corrected chi connectivity index (χ0v) is 19.4. The van der Waals surface area contributed by atoms with Gasteiger partial charge in [-0.25, -0.2) is 10.2 Å². The van der Waals surface area contributed by atoms with Crippen molar-refractivity contribution in [1.29, 1.82) is 0 Å². The van der Waals surface area contributed by atoms with Crippen molar-refractivity contribution in [2.24, 2.45) is 5.10 Å². The Morgan fingerprint density at radius 1 is 0.972 bits per heavy atom. The molecule has 0 unspecified atom stereocenters. The predicted octanol–water partition coefficient (Wildman–Crippen LogP) is 3.31. The molecule has 0 aromatic heterocycles. The molecule has 0 atom stereocenters. The molecule has 12 nitrogen and oxygen atoms in total. The number of hydrazone groups is 1. The van der Waals surface area contributed by atoms with Crippen LogP contribution in [0.3, 0.4) is 0 Å². The Kier molecular flexibility index (Phi) is 8.02. The smallest absolute Gasteiger partial charge is 0.344 e. The predicted molar refractivity (Wildman–Crippen MR) is 127 cm³/mol. The summed E-state index contributed by atoms with van der Waals surface area (Å²) in [6, 6.07) is 12.4. The molecular formula is C24H21N3O9. The summed E-state index contributed by atoms with van der Waals surface area (Å²) >= 11 is 0.